The first-order valence-corrected chi connectivity index (χ1v) is 32.1. The van der Waals surface area contributed by atoms with Gasteiger partial charge in [-0.25, -0.2) is 0 Å². The lowest BCUT2D eigenvalue weighted by atomic mass is 9.33. The summed E-state index contributed by atoms with van der Waals surface area (Å²) in [6.45, 7) is 14.0. The minimum Gasteiger partial charge on any atom is -0.310 e. The largest absolute Gasteiger partial charge is 0.310 e. The van der Waals surface area contributed by atoms with Crippen molar-refractivity contribution in [3.05, 3.63) is 321 Å². The Morgan fingerprint density at radius 1 is 0.242 bits per heavy atom. The molecule has 0 spiro atoms. The Kier molecular flexibility index (Phi) is 13.5. The van der Waals surface area contributed by atoms with Gasteiger partial charge in [-0.2, -0.15) is 0 Å². The molecule has 0 saturated heterocycles. The second-order valence-electron chi connectivity index (χ2n) is 26.7. The molecule has 0 aliphatic carbocycles. The Bertz CT molecular complexity index is 4720. The van der Waals surface area contributed by atoms with E-state index in [1.165, 1.54) is 121 Å². The molecule has 0 amide bonds. The van der Waals surface area contributed by atoms with Crippen LogP contribution < -0.4 is 26.2 Å². The number of hydrogen-bond donors (Lipinski definition) is 0. The van der Waals surface area contributed by atoms with Crippen LogP contribution in [0, 0.1) is 0 Å². The number of para-hydroxylation sites is 2. The Hall–Kier alpha value is -10.7. The highest BCUT2D eigenvalue weighted by atomic mass is 15.2. The van der Waals surface area contributed by atoms with Gasteiger partial charge in [-0.05, 0) is 164 Å². The van der Waals surface area contributed by atoms with Crippen molar-refractivity contribution in [2.45, 2.75) is 52.4 Å². The fourth-order valence-electron chi connectivity index (χ4n) is 14.8. The molecule has 0 radical (unpaired) electrons. The Morgan fingerprint density at radius 2 is 0.527 bits per heavy atom. The van der Waals surface area contributed by atoms with Crippen LogP contribution in [-0.4, -0.2) is 6.71 Å². The molecular weight excluding hydrogens is 1100 g/mol. The van der Waals surface area contributed by atoms with Crippen LogP contribution in [0.25, 0.3) is 99.4 Å². The van der Waals surface area contributed by atoms with Crippen LogP contribution in [0.5, 0.6) is 0 Å². The van der Waals surface area contributed by atoms with E-state index in [0.29, 0.717) is 0 Å². The molecule has 2 heterocycles. The van der Waals surface area contributed by atoms with Crippen LogP contribution in [0.4, 0.5) is 34.1 Å². The van der Waals surface area contributed by atoms with E-state index in [9.17, 15) is 0 Å². The summed E-state index contributed by atoms with van der Waals surface area (Å²) in [5.41, 5.74) is 29.5. The van der Waals surface area contributed by atoms with Gasteiger partial charge in [-0.3, -0.25) is 0 Å². The summed E-state index contributed by atoms with van der Waals surface area (Å²) < 4.78 is 0. The summed E-state index contributed by atoms with van der Waals surface area (Å²) in [5.74, 6) is 0. The van der Waals surface area contributed by atoms with Crippen molar-refractivity contribution in [1.29, 1.82) is 0 Å². The number of rotatable bonds is 9. The van der Waals surface area contributed by atoms with Gasteiger partial charge < -0.3 is 9.80 Å². The quantitative estimate of drug-likeness (QED) is 0.105. The van der Waals surface area contributed by atoms with Gasteiger partial charge in [0.25, 0.3) is 6.71 Å². The Morgan fingerprint density at radius 3 is 0.879 bits per heavy atom. The van der Waals surface area contributed by atoms with Crippen molar-refractivity contribution in [3.8, 4) is 77.9 Å². The molecule has 16 rings (SSSR count). The predicted molar refractivity (Wildman–Crippen MR) is 391 cm³/mol. The minimum absolute atomic E-state index is 0.132. The van der Waals surface area contributed by atoms with Crippen LogP contribution in [0.3, 0.4) is 0 Å². The normalized spacial score (nSPS) is 12.7. The van der Waals surface area contributed by atoms with E-state index in [0.717, 1.165) is 39.7 Å². The number of nitrogens with zero attached hydrogens (tertiary/aromatic N) is 2. The molecule has 0 fully saturated rings. The number of benzene rings is 14. The first-order valence-electron chi connectivity index (χ1n) is 32.1. The van der Waals surface area contributed by atoms with Gasteiger partial charge in [0.1, 0.15) is 0 Å². The zero-order chi connectivity index (χ0) is 61.5. The van der Waals surface area contributed by atoms with E-state index in [4.69, 9.17) is 0 Å². The van der Waals surface area contributed by atoms with E-state index < -0.39 is 0 Å². The van der Waals surface area contributed by atoms with Gasteiger partial charge >= 0.3 is 0 Å². The summed E-state index contributed by atoms with van der Waals surface area (Å²) in [6, 6.07) is 117. The zero-order valence-corrected chi connectivity index (χ0v) is 52.4. The molecule has 14 aromatic carbocycles. The molecule has 91 heavy (non-hydrogen) atoms. The third kappa shape index (κ3) is 9.41. The maximum atomic E-state index is 2.69. The van der Waals surface area contributed by atoms with Crippen molar-refractivity contribution in [3.63, 3.8) is 0 Å². The summed E-state index contributed by atoms with van der Waals surface area (Å²) in [6.07, 6.45) is 0. The van der Waals surface area contributed by atoms with Gasteiger partial charge in [-0.15, -0.1) is 0 Å². The third-order valence-electron chi connectivity index (χ3n) is 19.1. The topological polar surface area (TPSA) is 6.48 Å². The van der Waals surface area contributed by atoms with Crippen LogP contribution in [-0.2, 0) is 10.8 Å². The number of anilines is 6. The third-order valence-corrected chi connectivity index (χ3v) is 19.1. The highest BCUT2D eigenvalue weighted by Gasteiger charge is 2.46. The molecular formula is C88H69BN2. The predicted octanol–water partition coefficient (Wildman–Crippen LogP) is 22.3. The molecule has 0 saturated carbocycles. The zero-order valence-electron chi connectivity index (χ0n) is 52.4. The second kappa shape index (κ2) is 22.1. The van der Waals surface area contributed by atoms with Crippen molar-refractivity contribution >= 4 is 78.8 Å². The lowest BCUT2D eigenvalue weighted by Crippen LogP contribution is -2.61. The summed E-state index contributed by atoms with van der Waals surface area (Å²) in [4.78, 5) is 5.37. The number of hydrogen-bond acceptors (Lipinski definition) is 2. The maximum absolute atomic E-state index is 2.69. The average Bonchev–Trinajstić information content (AvgIpc) is 0.703. The second-order valence-corrected chi connectivity index (χ2v) is 26.7. The standard InChI is InChI=1S/C88H69BN2/c1-87(2,3)64-54-72(59-34-14-8-15-35-59)85(73(55-64)60-36-16-9-17-37-60)90-78-50-30-28-48-76(78)89-77-49-29-31-51-79(77)91(86-74(61-38-18-10-19-39-61)56-65(88(4,5)6)57-75(86)62-40-20-11-21-41-62)81-53-63(52-80(90)84(81)89)82-68-44-24-26-46-70(68)83(71-47-27-25-45-69(71)82)67-43-23-22-42-66(67)58-32-12-7-13-33-58/h7-57H,1-6H3. The Balaban J connectivity index is 1.11. The molecule has 14 aromatic rings. The average molecular weight is 1170 g/mol. The van der Waals surface area contributed by atoms with Crippen LogP contribution in [0.2, 0.25) is 0 Å². The van der Waals surface area contributed by atoms with Gasteiger partial charge in [0, 0.05) is 45.0 Å². The lowest BCUT2D eigenvalue weighted by Gasteiger charge is -2.46. The SMILES string of the molecule is CC(C)(C)c1cc(-c2ccccc2)c(N2c3ccccc3B3c4ccccc4N(c4c(-c5ccccc5)cc(C(C)(C)C)cc4-c4ccccc4)c4cc(-c5c6ccccc6c(-c6ccccc6-c6ccccc6)c6ccccc56)cc2c43)c(-c2ccccc2)c1. The molecule has 0 atom stereocenters. The molecule has 0 N–H and O–H groups in total. The van der Waals surface area contributed by atoms with E-state index in [2.05, 4.69) is 361 Å². The summed E-state index contributed by atoms with van der Waals surface area (Å²) in [5, 5.41) is 4.81. The maximum Gasteiger partial charge on any atom is 0.252 e. The molecule has 3 heteroatoms. The molecule has 2 aliphatic rings. The van der Waals surface area contributed by atoms with E-state index in [1.54, 1.807) is 0 Å². The van der Waals surface area contributed by atoms with Gasteiger partial charge in [0.2, 0.25) is 0 Å². The van der Waals surface area contributed by atoms with Gasteiger partial charge in [0.05, 0.1) is 11.4 Å². The van der Waals surface area contributed by atoms with E-state index in [1.807, 2.05) is 0 Å². The fraction of sp³-hybridized carbons (Fsp3) is 0.0909. The monoisotopic (exact) mass is 1160 g/mol. The van der Waals surface area contributed by atoms with Crippen molar-refractivity contribution < 1.29 is 0 Å². The van der Waals surface area contributed by atoms with Crippen LogP contribution >= 0.6 is 0 Å². The highest BCUT2D eigenvalue weighted by Crippen LogP contribution is 2.56. The molecule has 434 valence electrons. The molecule has 0 unspecified atom stereocenters. The molecule has 2 nitrogen and oxygen atoms in total. The lowest BCUT2D eigenvalue weighted by molar-refractivity contribution is 0.590. The fourth-order valence-corrected chi connectivity index (χ4v) is 14.8. The van der Waals surface area contributed by atoms with E-state index in [-0.39, 0.29) is 17.5 Å². The van der Waals surface area contributed by atoms with Gasteiger partial charge in [-0.1, -0.05) is 302 Å². The first kappa shape index (κ1) is 55.6. The molecule has 0 aromatic heterocycles. The van der Waals surface area contributed by atoms with Crippen LogP contribution in [0.15, 0.2) is 309 Å². The van der Waals surface area contributed by atoms with Crippen molar-refractivity contribution in [1.82, 2.24) is 0 Å². The van der Waals surface area contributed by atoms with Crippen LogP contribution in [0.1, 0.15) is 52.7 Å². The summed E-state index contributed by atoms with van der Waals surface area (Å²) in [7, 11) is 0. The molecule has 0 bridgehead atoms. The van der Waals surface area contributed by atoms with Gasteiger partial charge in [0.15, 0.2) is 0 Å². The minimum atomic E-state index is -0.162. The summed E-state index contributed by atoms with van der Waals surface area (Å²) >= 11 is 0. The number of fused-ring (bicyclic) bond motifs is 6. The highest BCUT2D eigenvalue weighted by molar-refractivity contribution is 7.00. The smallest absolute Gasteiger partial charge is 0.252 e. The first-order chi connectivity index (χ1) is 44.5. The molecule has 2 aliphatic heterocycles. The van der Waals surface area contributed by atoms with E-state index >= 15 is 0 Å². The Labute approximate surface area is 536 Å². The van der Waals surface area contributed by atoms with Crippen molar-refractivity contribution in [2.24, 2.45) is 0 Å². The van der Waals surface area contributed by atoms with Crippen molar-refractivity contribution in [2.75, 3.05) is 9.80 Å².